The first kappa shape index (κ1) is 9.70. The third kappa shape index (κ3) is 2.54. The molecule has 66 valence electrons. The maximum atomic E-state index is 9.13. The van der Waals surface area contributed by atoms with E-state index in [1.165, 1.54) is 0 Å². The Morgan fingerprint density at radius 1 is 1.45 bits per heavy atom. The fourth-order valence-electron chi connectivity index (χ4n) is 1.27. The van der Waals surface area contributed by atoms with Crippen LogP contribution in [-0.4, -0.2) is 31.5 Å². The molecule has 0 amide bonds. The second-order valence-electron chi connectivity index (χ2n) is 3.02. The zero-order chi connectivity index (χ0) is 8.16. The van der Waals surface area contributed by atoms with Gasteiger partial charge in [0, 0.05) is 18.6 Å². The Balaban J connectivity index is 2.42. The summed E-state index contributed by atoms with van der Waals surface area (Å²) in [7, 11) is 0. The van der Waals surface area contributed by atoms with Gasteiger partial charge >= 0.3 is 0 Å². The second kappa shape index (κ2) is 4.59. The molecule has 11 heavy (non-hydrogen) atoms. The van der Waals surface area contributed by atoms with Gasteiger partial charge in [0.15, 0.2) is 0 Å². The summed E-state index contributed by atoms with van der Waals surface area (Å²) in [5.41, 5.74) is -0.0283. The van der Waals surface area contributed by atoms with Crippen molar-refractivity contribution in [3.05, 3.63) is 0 Å². The number of halogens is 1. The van der Waals surface area contributed by atoms with E-state index < -0.39 is 0 Å². The van der Waals surface area contributed by atoms with Crippen LogP contribution in [0.2, 0.25) is 0 Å². The van der Waals surface area contributed by atoms with E-state index in [9.17, 15) is 0 Å². The van der Waals surface area contributed by atoms with Crippen molar-refractivity contribution < 1.29 is 12.9 Å². The summed E-state index contributed by atoms with van der Waals surface area (Å²) < 4.78 is 10.2. The Labute approximate surface area is 80.8 Å². The highest BCUT2D eigenvalue weighted by Gasteiger charge is 2.32. The van der Waals surface area contributed by atoms with E-state index in [-0.39, 0.29) is 12.0 Å². The van der Waals surface area contributed by atoms with E-state index in [0.717, 1.165) is 26.1 Å². The summed E-state index contributed by atoms with van der Waals surface area (Å²) in [5.74, 6) is 0. The Kier molecular flexibility index (Phi) is 4.05. The summed E-state index contributed by atoms with van der Waals surface area (Å²) in [6.07, 6.45) is 1.82. The molecule has 4 heteroatoms. The molecule has 0 aromatic carbocycles. The van der Waals surface area contributed by atoms with Crippen molar-refractivity contribution in [2.75, 3.05) is 26.4 Å². The van der Waals surface area contributed by atoms with Gasteiger partial charge in [-0.3, -0.25) is 0 Å². The summed E-state index contributed by atoms with van der Waals surface area (Å²) in [5, 5.41) is 9.13. The Morgan fingerprint density at radius 3 is 2.55 bits per heavy atom. The monoisotopic (exact) mass is 272 g/mol. The molecule has 0 aromatic heterocycles. The molecule has 0 saturated carbocycles. The minimum Gasteiger partial charge on any atom is -0.396 e. The fourth-order valence-corrected chi connectivity index (χ4v) is 1.93. The van der Waals surface area contributed by atoms with Gasteiger partial charge in [-0.25, -0.2) is 0 Å². The smallest absolute Gasteiger partial charge is 0.109 e. The first-order valence-corrected chi connectivity index (χ1v) is 4.63. The Bertz CT molecular complexity index is 107. The fraction of sp³-hybridized carbons (Fsp3) is 1.00. The number of hydrogen-bond acceptors (Lipinski definition) is 3. The van der Waals surface area contributed by atoms with Gasteiger partial charge in [0.05, 0.1) is 13.2 Å². The van der Waals surface area contributed by atoms with E-state index >= 15 is 0 Å². The minimum atomic E-state index is -0.0283. The van der Waals surface area contributed by atoms with Crippen molar-refractivity contribution in [1.82, 2.24) is 0 Å². The molecule has 0 spiro atoms. The normalized spacial score (nSPS) is 23.5. The van der Waals surface area contributed by atoms with E-state index in [1.54, 1.807) is 0 Å². The van der Waals surface area contributed by atoms with Crippen LogP contribution in [0.5, 0.6) is 0 Å². The Hall–Kier alpha value is 0.610. The van der Waals surface area contributed by atoms with Crippen LogP contribution in [0.1, 0.15) is 12.8 Å². The van der Waals surface area contributed by atoms with Gasteiger partial charge in [-0.1, -0.05) is 0 Å². The highest BCUT2D eigenvalue weighted by Crippen LogP contribution is 2.30. The van der Waals surface area contributed by atoms with Gasteiger partial charge in [-0.15, -0.1) is 0 Å². The topological polar surface area (TPSA) is 38.7 Å². The van der Waals surface area contributed by atoms with Crippen LogP contribution in [0.3, 0.4) is 0 Å². The molecule has 0 bridgehead atoms. The number of aliphatic hydroxyl groups is 1. The van der Waals surface area contributed by atoms with Gasteiger partial charge < -0.3 is 12.9 Å². The van der Waals surface area contributed by atoms with Crippen molar-refractivity contribution in [2.24, 2.45) is 5.41 Å². The number of rotatable bonds is 3. The largest absolute Gasteiger partial charge is 0.396 e. The number of ether oxygens (including phenoxy) is 1. The maximum Gasteiger partial charge on any atom is 0.109 e. The van der Waals surface area contributed by atoms with E-state index in [4.69, 9.17) is 12.9 Å². The zero-order valence-corrected chi connectivity index (χ0v) is 8.54. The highest BCUT2D eigenvalue weighted by molar-refractivity contribution is 14.1. The molecule has 0 aliphatic carbocycles. The van der Waals surface area contributed by atoms with Gasteiger partial charge in [-0.2, -0.15) is 0 Å². The molecule has 0 atom stereocenters. The summed E-state index contributed by atoms with van der Waals surface area (Å²) in [6.45, 7) is 2.34. The molecule has 1 heterocycles. The first-order valence-electron chi connectivity index (χ1n) is 3.75. The van der Waals surface area contributed by atoms with Crippen molar-refractivity contribution in [3.8, 4) is 0 Å². The minimum absolute atomic E-state index is 0.0283. The van der Waals surface area contributed by atoms with Crippen LogP contribution >= 0.6 is 23.0 Å². The molecule has 1 saturated heterocycles. The number of hydrogen-bond donors (Lipinski definition) is 1. The average molecular weight is 272 g/mol. The lowest BCUT2D eigenvalue weighted by atomic mass is 9.82. The van der Waals surface area contributed by atoms with E-state index in [2.05, 4.69) is 0 Å². The third-order valence-electron chi connectivity index (χ3n) is 2.25. The molecule has 1 fully saturated rings. The van der Waals surface area contributed by atoms with Crippen LogP contribution in [-0.2, 0) is 7.80 Å². The van der Waals surface area contributed by atoms with Crippen LogP contribution in [0.25, 0.3) is 0 Å². The summed E-state index contributed by atoms with van der Waals surface area (Å²) >= 11 is 1.87. The lowest BCUT2D eigenvalue weighted by molar-refractivity contribution is -0.0324. The van der Waals surface area contributed by atoms with E-state index in [0.29, 0.717) is 6.61 Å². The first-order chi connectivity index (χ1) is 5.33. The molecule has 0 aromatic rings. The van der Waals surface area contributed by atoms with Gasteiger partial charge in [0.25, 0.3) is 0 Å². The van der Waals surface area contributed by atoms with Crippen molar-refractivity contribution >= 4 is 23.0 Å². The van der Waals surface area contributed by atoms with Gasteiger partial charge in [-0.05, 0) is 12.8 Å². The quantitative estimate of drug-likeness (QED) is 0.783. The van der Waals surface area contributed by atoms with Crippen LogP contribution in [0.15, 0.2) is 0 Å². The SMILES string of the molecule is OCC1(COI)CCOCC1. The van der Waals surface area contributed by atoms with E-state index in [1.807, 2.05) is 23.0 Å². The predicted molar refractivity (Wildman–Crippen MR) is 49.5 cm³/mol. The average Bonchev–Trinajstić information content (AvgIpc) is 2.07. The lowest BCUT2D eigenvalue weighted by Crippen LogP contribution is -2.36. The molecule has 0 unspecified atom stereocenters. The highest BCUT2D eigenvalue weighted by atomic mass is 127. The Morgan fingerprint density at radius 2 is 2.09 bits per heavy atom. The molecule has 3 nitrogen and oxygen atoms in total. The molecule has 1 aliphatic heterocycles. The third-order valence-corrected chi connectivity index (χ3v) is 2.56. The van der Waals surface area contributed by atoms with Crippen LogP contribution < -0.4 is 0 Å². The van der Waals surface area contributed by atoms with Crippen molar-refractivity contribution in [1.29, 1.82) is 0 Å². The molecular weight excluding hydrogens is 259 g/mol. The lowest BCUT2D eigenvalue weighted by Gasteiger charge is -2.34. The second-order valence-corrected chi connectivity index (χ2v) is 3.65. The number of aliphatic hydroxyl groups excluding tert-OH is 1. The maximum absolute atomic E-state index is 9.13. The van der Waals surface area contributed by atoms with Crippen molar-refractivity contribution in [2.45, 2.75) is 12.8 Å². The standard InChI is InChI=1S/C7H13IO3/c8-11-6-7(5-9)1-3-10-4-2-7/h9H,1-6H2. The predicted octanol–water partition coefficient (Wildman–Crippen LogP) is 1.14. The zero-order valence-electron chi connectivity index (χ0n) is 6.38. The molecule has 1 aliphatic rings. The summed E-state index contributed by atoms with van der Waals surface area (Å²) in [4.78, 5) is 0. The van der Waals surface area contributed by atoms with Gasteiger partial charge in [0.2, 0.25) is 0 Å². The molecule has 1 rings (SSSR count). The van der Waals surface area contributed by atoms with Crippen molar-refractivity contribution in [3.63, 3.8) is 0 Å². The van der Waals surface area contributed by atoms with Crippen LogP contribution in [0, 0.1) is 5.41 Å². The molecule has 0 radical (unpaired) electrons. The summed E-state index contributed by atoms with van der Waals surface area (Å²) in [6, 6.07) is 0. The molecule has 1 N–H and O–H groups in total. The molecular formula is C7H13IO3. The van der Waals surface area contributed by atoms with Gasteiger partial charge in [0.1, 0.15) is 23.0 Å². The van der Waals surface area contributed by atoms with Crippen LogP contribution in [0.4, 0.5) is 0 Å².